The molecule has 2 aliphatic heterocycles. The molecule has 0 aliphatic carbocycles. The standard InChI is InChI=1S/C10H16N2/c1-7-5-9-3-4-10(8(2)11)12(7)6-9/h9-10H,1-6,11H2. The first-order chi connectivity index (χ1) is 5.68. The van der Waals surface area contributed by atoms with Crippen molar-refractivity contribution in [2.24, 2.45) is 11.7 Å². The van der Waals surface area contributed by atoms with Gasteiger partial charge in [-0.1, -0.05) is 13.2 Å². The molecule has 0 aromatic rings. The van der Waals surface area contributed by atoms with E-state index in [2.05, 4.69) is 18.1 Å². The molecule has 2 nitrogen and oxygen atoms in total. The Hall–Kier alpha value is -0.920. The molecule has 0 aromatic heterocycles. The van der Waals surface area contributed by atoms with Gasteiger partial charge in [0.05, 0.1) is 6.04 Å². The Kier molecular flexibility index (Phi) is 1.63. The number of hydrogen-bond donors (Lipinski definition) is 1. The van der Waals surface area contributed by atoms with Crippen LogP contribution in [0.5, 0.6) is 0 Å². The first kappa shape index (κ1) is 7.71. The van der Waals surface area contributed by atoms with Crippen LogP contribution in [-0.4, -0.2) is 17.5 Å². The molecule has 2 aliphatic rings. The monoisotopic (exact) mass is 164 g/mol. The minimum Gasteiger partial charge on any atom is -0.401 e. The molecule has 2 heterocycles. The molecule has 0 radical (unpaired) electrons. The average molecular weight is 164 g/mol. The molecule has 12 heavy (non-hydrogen) atoms. The minimum atomic E-state index is 0.372. The van der Waals surface area contributed by atoms with Gasteiger partial charge in [-0.3, -0.25) is 0 Å². The van der Waals surface area contributed by atoms with Crippen molar-refractivity contribution in [2.45, 2.75) is 25.3 Å². The summed E-state index contributed by atoms with van der Waals surface area (Å²) in [6.45, 7) is 9.04. The van der Waals surface area contributed by atoms with Crippen LogP contribution in [0.15, 0.2) is 24.6 Å². The van der Waals surface area contributed by atoms with Crippen LogP contribution in [0.3, 0.4) is 0 Å². The summed E-state index contributed by atoms with van der Waals surface area (Å²) >= 11 is 0. The lowest BCUT2D eigenvalue weighted by atomic mass is 9.95. The fourth-order valence-corrected chi connectivity index (χ4v) is 2.40. The van der Waals surface area contributed by atoms with E-state index < -0.39 is 0 Å². The lowest BCUT2D eigenvalue weighted by Gasteiger charge is -2.34. The highest BCUT2D eigenvalue weighted by atomic mass is 15.2. The summed E-state index contributed by atoms with van der Waals surface area (Å²) in [4.78, 5) is 2.33. The quantitative estimate of drug-likeness (QED) is 0.635. The third-order valence-corrected chi connectivity index (χ3v) is 3.04. The lowest BCUT2D eigenvalue weighted by molar-refractivity contribution is 0.231. The van der Waals surface area contributed by atoms with Gasteiger partial charge in [-0.25, -0.2) is 0 Å². The Morgan fingerprint density at radius 2 is 2.25 bits per heavy atom. The zero-order valence-electron chi connectivity index (χ0n) is 7.42. The van der Waals surface area contributed by atoms with Crippen molar-refractivity contribution in [1.29, 1.82) is 0 Å². The summed E-state index contributed by atoms with van der Waals surface area (Å²) in [5, 5.41) is 0. The molecule has 0 spiro atoms. The minimum absolute atomic E-state index is 0.372. The number of rotatable bonds is 1. The number of hydrogen-bond acceptors (Lipinski definition) is 2. The molecule has 2 unspecified atom stereocenters. The number of fused-ring (bicyclic) bond motifs is 2. The van der Waals surface area contributed by atoms with Crippen LogP contribution in [0.1, 0.15) is 19.3 Å². The summed E-state index contributed by atoms with van der Waals surface area (Å²) in [6, 6.07) is 0.372. The van der Waals surface area contributed by atoms with Gasteiger partial charge in [0.2, 0.25) is 0 Å². The van der Waals surface area contributed by atoms with E-state index in [4.69, 9.17) is 5.73 Å². The number of piperidine rings is 1. The molecule has 0 aromatic carbocycles. The van der Waals surface area contributed by atoms with E-state index in [0.29, 0.717) is 6.04 Å². The molecule has 2 N–H and O–H groups in total. The molecular formula is C10H16N2. The van der Waals surface area contributed by atoms with Gasteiger partial charge in [0.25, 0.3) is 0 Å². The molecule has 0 amide bonds. The van der Waals surface area contributed by atoms with Gasteiger partial charge in [-0.2, -0.15) is 0 Å². The predicted octanol–water partition coefficient (Wildman–Crippen LogP) is 1.46. The zero-order valence-corrected chi connectivity index (χ0v) is 7.42. The van der Waals surface area contributed by atoms with Crippen LogP contribution in [-0.2, 0) is 0 Å². The number of nitrogens with zero attached hydrogens (tertiary/aromatic N) is 1. The van der Waals surface area contributed by atoms with Crippen molar-refractivity contribution < 1.29 is 0 Å². The van der Waals surface area contributed by atoms with E-state index in [1.54, 1.807) is 0 Å². The summed E-state index contributed by atoms with van der Waals surface area (Å²) in [5.74, 6) is 0.841. The Bertz CT molecular complexity index is 232. The normalized spacial score (nSPS) is 34.0. The molecule has 0 saturated carbocycles. The van der Waals surface area contributed by atoms with Gasteiger partial charge in [0, 0.05) is 17.9 Å². The van der Waals surface area contributed by atoms with Gasteiger partial charge in [-0.05, 0) is 25.2 Å². The number of allylic oxidation sites excluding steroid dienone is 1. The van der Waals surface area contributed by atoms with Gasteiger partial charge in [0.1, 0.15) is 0 Å². The molecular weight excluding hydrogens is 148 g/mol. The highest BCUT2D eigenvalue weighted by Gasteiger charge is 2.35. The smallest absolute Gasteiger partial charge is 0.0677 e. The van der Waals surface area contributed by atoms with Crippen molar-refractivity contribution in [1.82, 2.24) is 4.90 Å². The van der Waals surface area contributed by atoms with E-state index in [1.165, 1.54) is 25.0 Å². The van der Waals surface area contributed by atoms with Gasteiger partial charge < -0.3 is 10.6 Å². The largest absolute Gasteiger partial charge is 0.401 e. The maximum absolute atomic E-state index is 5.74. The molecule has 2 rings (SSSR count). The maximum Gasteiger partial charge on any atom is 0.0677 e. The SMILES string of the molecule is C=C(N)C1CCC2CC(=C)N1C2. The van der Waals surface area contributed by atoms with Gasteiger partial charge in [-0.15, -0.1) is 0 Å². The summed E-state index contributed by atoms with van der Waals surface area (Å²) in [7, 11) is 0. The molecule has 2 bridgehead atoms. The zero-order chi connectivity index (χ0) is 8.72. The molecule has 2 saturated heterocycles. The van der Waals surface area contributed by atoms with E-state index in [0.717, 1.165) is 18.2 Å². The van der Waals surface area contributed by atoms with Crippen LogP contribution >= 0.6 is 0 Å². The van der Waals surface area contributed by atoms with Crippen LogP contribution in [0, 0.1) is 5.92 Å². The van der Waals surface area contributed by atoms with Crippen LogP contribution in [0.2, 0.25) is 0 Å². The number of nitrogens with two attached hydrogens (primary N) is 1. The van der Waals surface area contributed by atoms with Crippen LogP contribution in [0.4, 0.5) is 0 Å². The van der Waals surface area contributed by atoms with E-state index in [-0.39, 0.29) is 0 Å². The van der Waals surface area contributed by atoms with Gasteiger partial charge in [0.15, 0.2) is 0 Å². The first-order valence-electron chi connectivity index (χ1n) is 4.57. The van der Waals surface area contributed by atoms with Crippen molar-refractivity contribution in [3.63, 3.8) is 0 Å². The Labute approximate surface area is 73.7 Å². The summed E-state index contributed by atoms with van der Waals surface area (Å²) in [6.07, 6.45) is 3.62. The lowest BCUT2D eigenvalue weighted by Crippen LogP contribution is -2.39. The maximum atomic E-state index is 5.74. The predicted molar refractivity (Wildman–Crippen MR) is 50.3 cm³/mol. The molecule has 66 valence electrons. The second-order valence-corrected chi connectivity index (χ2v) is 3.96. The highest BCUT2D eigenvalue weighted by molar-refractivity contribution is 5.15. The van der Waals surface area contributed by atoms with Crippen molar-refractivity contribution in [2.75, 3.05) is 6.54 Å². The fourth-order valence-electron chi connectivity index (χ4n) is 2.40. The van der Waals surface area contributed by atoms with Crippen LogP contribution < -0.4 is 5.73 Å². The van der Waals surface area contributed by atoms with E-state index in [9.17, 15) is 0 Å². The summed E-state index contributed by atoms with van der Waals surface area (Å²) in [5.41, 5.74) is 7.80. The van der Waals surface area contributed by atoms with E-state index in [1.807, 2.05) is 0 Å². The van der Waals surface area contributed by atoms with Crippen molar-refractivity contribution in [3.8, 4) is 0 Å². The Morgan fingerprint density at radius 1 is 1.50 bits per heavy atom. The van der Waals surface area contributed by atoms with E-state index >= 15 is 0 Å². The molecule has 2 heteroatoms. The summed E-state index contributed by atoms with van der Waals surface area (Å²) < 4.78 is 0. The van der Waals surface area contributed by atoms with Crippen molar-refractivity contribution >= 4 is 0 Å². The van der Waals surface area contributed by atoms with Crippen molar-refractivity contribution in [3.05, 3.63) is 24.6 Å². The molecule has 2 atom stereocenters. The topological polar surface area (TPSA) is 29.3 Å². The third kappa shape index (κ3) is 1.02. The first-order valence-corrected chi connectivity index (χ1v) is 4.57. The average Bonchev–Trinajstić information content (AvgIpc) is 2.28. The van der Waals surface area contributed by atoms with Crippen LogP contribution in [0.25, 0.3) is 0 Å². The Morgan fingerprint density at radius 3 is 2.92 bits per heavy atom. The second-order valence-electron chi connectivity index (χ2n) is 3.96. The Balaban J connectivity index is 2.18. The molecule has 2 fully saturated rings. The third-order valence-electron chi connectivity index (χ3n) is 3.04. The fraction of sp³-hybridized carbons (Fsp3) is 0.600. The second kappa shape index (κ2) is 2.54. The van der Waals surface area contributed by atoms with Gasteiger partial charge >= 0.3 is 0 Å². The highest BCUT2D eigenvalue weighted by Crippen LogP contribution is 2.37.